The third-order valence-electron chi connectivity index (χ3n) is 3.24. The van der Waals surface area contributed by atoms with E-state index in [-0.39, 0.29) is 12.8 Å². The molecule has 6 nitrogen and oxygen atoms in total. The van der Waals surface area contributed by atoms with Crippen LogP contribution in [-0.2, 0) is 20.8 Å². The van der Waals surface area contributed by atoms with Crippen molar-refractivity contribution in [3.05, 3.63) is 47.8 Å². The SMILES string of the molecule is C=C(C)C[C@H](NC(=O)[C@@H](Cc1cccc(F)c1)NC(C)=O)C(N)=O. The number of benzene rings is 1. The zero-order valence-electron chi connectivity index (χ0n) is 13.8. The van der Waals surface area contributed by atoms with Gasteiger partial charge in [0.25, 0.3) is 0 Å². The Bertz CT molecular complexity index is 646. The molecule has 0 radical (unpaired) electrons. The maximum absolute atomic E-state index is 13.3. The monoisotopic (exact) mass is 335 g/mol. The molecule has 0 spiro atoms. The van der Waals surface area contributed by atoms with Gasteiger partial charge in [-0.1, -0.05) is 17.7 Å². The molecule has 1 aromatic rings. The Morgan fingerprint density at radius 2 is 1.88 bits per heavy atom. The van der Waals surface area contributed by atoms with Gasteiger partial charge in [-0.2, -0.15) is 0 Å². The van der Waals surface area contributed by atoms with Crippen LogP contribution in [-0.4, -0.2) is 29.8 Å². The van der Waals surface area contributed by atoms with Gasteiger partial charge in [0.15, 0.2) is 0 Å². The van der Waals surface area contributed by atoms with Crippen LogP contribution in [0.15, 0.2) is 36.4 Å². The molecule has 0 aliphatic heterocycles. The Kier molecular flexibility index (Phi) is 7.10. The first-order chi connectivity index (χ1) is 11.2. The number of hydrogen-bond acceptors (Lipinski definition) is 3. The summed E-state index contributed by atoms with van der Waals surface area (Å²) in [6.45, 7) is 6.66. The molecular weight excluding hydrogens is 313 g/mol. The van der Waals surface area contributed by atoms with E-state index >= 15 is 0 Å². The van der Waals surface area contributed by atoms with Crippen LogP contribution in [0.1, 0.15) is 25.8 Å². The number of halogens is 1. The molecule has 4 N–H and O–H groups in total. The maximum atomic E-state index is 13.3. The van der Waals surface area contributed by atoms with Crippen molar-refractivity contribution in [2.75, 3.05) is 0 Å². The Morgan fingerprint density at radius 3 is 2.38 bits per heavy atom. The van der Waals surface area contributed by atoms with E-state index in [0.29, 0.717) is 11.1 Å². The number of nitrogens with one attached hydrogen (secondary N) is 2. The molecule has 1 aromatic carbocycles. The lowest BCUT2D eigenvalue weighted by Gasteiger charge is -2.21. The van der Waals surface area contributed by atoms with E-state index in [9.17, 15) is 18.8 Å². The van der Waals surface area contributed by atoms with Crippen LogP contribution < -0.4 is 16.4 Å². The Labute approximate surface area is 140 Å². The van der Waals surface area contributed by atoms with E-state index in [1.54, 1.807) is 13.0 Å². The molecule has 0 fully saturated rings. The van der Waals surface area contributed by atoms with Crippen molar-refractivity contribution in [1.29, 1.82) is 0 Å². The average Bonchev–Trinajstić information content (AvgIpc) is 2.44. The van der Waals surface area contributed by atoms with Crippen molar-refractivity contribution in [1.82, 2.24) is 10.6 Å². The summed E-state index contributed by atoms with van der Waals surface area (Å²) < 4.78 is 13.3. The molecule has 7 heteroatoms. The highest BCUT2D eigenvalue weighted by atomic mass is 19.1. The van der Waals surface area contributed by atoms with Crippen molar-refractivity contribution in [3.8, 4) is 0 Å². The second-order valence-electron chi connectivity index (χ2n) is 5.71. The molecule has 130 valence electrons. The van der Waals surface area contributed by atoms with Gasteiger partial charge in [-0.25, -0.2) is 4.39 Å². The summed E-state index contributed by atoms with van der Waals surface area (Å²) >= 11 is 0. The molecule has 0 bridgehead atoms. The lowest BCUT2D eigenvalue weighted by molar-refractivity contribution is -0.130. The normalized spacial score (nSPS) is 12.8. The molecule has 2 atom stereocenters. The molecule has 0 aliphatic rings. The van der Waals surface area contributed by atoms with Gasteiger partial charge in [0.1, 0.15) is 17.9 Å². The Hall–Kier alpha value is -2.70. The van der Waals surface area contributed by atoms with Crippen LogP contribution in [0.4, 0.5) is 4.39 Å². The van der Waals surface area contributed by atoms with Crippen LogP contribution in [0.2, 0.25) is 0 Å². The quantitative estimate of drug-likeness (QED) is 0.613. The van der Waals surface area contributed by atoms with Crippen molar-refractivity contribution in [3.63, 3.8) is 0 Å². The lowest BCUT2D eigenvalue weighted by Crippen LogP contribution is -2.53. The van der Waals surface area contributed by atoms with E-state index < -0.39 is 35.6 Å². The van der Waals surface area contributed by atoms with Gasteiger partial charge in [-0.15, -0.1) is 6.58 Å². The summed E-state index contributed by atoms with van der Waals surface area (Å²) in [6, 6.07) is 3.86. The first kappa shape index (κ1) is 19.3. The predicted octanol–water partition coefficient (Wildman–Crippen LogP) is 0.809. The van der Waals surface area contributed by atoms with Gasteiger partial charge in [0.2, 0.25) is 17.7 Å². The fraction of sp³-hybridized carbons (Fsp3) is 0.353. The number of primary amides is 1. The van der Waals surface area contributed by atoms with Crippen molar-refractivity contribution >= 4 is 17.7 Å². The second-order valence-corrected chi connectivity index (χ2v) is 5.71. The topological polar surface area (TPSA) is 101 Å². The first-order valence-electron chi connectivity index (χ1n) is 7.44. The van der Waals surface area contributed by atoms with Crippen molar-refractivity contribution in [2.24, 2.45) is 5.73 Å². The molecule has 1 rings (SSSR count). The van der Waals surface area contributed by atoms with E-state index in [4.69, 9.17) is 5.73 Å². The zero-order valence-corrected chi connectivity index (χ0v) is 13.8. The van der Waals surface area contributed by atoms with Gasteiger partial charge in [0.05, 0.1) is 0 Å². The third-order valence-corrected chi connectivity index (χ3v) is 3.24. The molecule has 24 heavy (non-hydrogen) atoms. The third kappa shape index (κ3) is 6.60. The van der Waals surface area contributed by atoms with Gasteiger partial charge in [0, 0.05) is 13.3 Å². The molecule has 0 aromatic heterocycles. The van der Waals surface area contributed by atoms with Gasteiger partial charge >= 0.3 is 0 Å². The van der Waals surface area contributed by atoms with E-state index in [1.807, 2.05) is 0 Å². The minimum absolute atomic E-state index is 0.0850. The molecule has 0 unspecified atom stereocenters. The van der Waals surface area contributed by atoms with E-state index in [2.05, 4.69) is 17.2 Å². The fourth-order valence-corrected chi connectivity index (χ4v) is 2.20. The number of rotatable bonds is 8. The second kappa shape index (κ2) is 8.81. The summed E-state index contributed by atoms with van der Waals surface area (Å²) in [4.78, 5) is 35.2. The smallest absolute Gasteiger partial charge is 0.243 e. The molecule has 3 amide bonds. The summed E-state index contributed by atoms with van der Waals surface area (Å²) in [5.41, 5.74) is 6.50. The highest BCUT2D eigenvalue weighted by molar-refractivity contribution is 5.91. The molecular formula is C17H22FN3O3. The number of carbonyl (C=O) groups excluding carboxylic acids is 3. The van der Waals surface area contributed by atoms with Crippen LogP contribution >= 0.6 is 0 Å². The van der Waals surface area contributed by atoms with Crippen LogP contribution in [0, 0.1) is 5.82 Å². The minimum atomic E-state index is -0.948. The first-order valence-corrected chi connectivity index (χ1v) is 7.44. The largest absolute Gasteiger partial charge is 0.368 e. The minimum Gasteiger partial charge on any atom is -0.368 e. The van der Waals surface area contributed by atoms with Crippen LogP contribution in [0.25, 0.3) is 0 Å². The van der Waals surface area contributed by atoms with Crippen LogP contribution in [0.5, 0.6) is 0 Å². The number of hydrogen-bond donors (Lipinski definition) is 3. The molecule has 0 aliphatic carbocycles. The standard InChI is InChI=1S/C17H22FN3O3/c1-10(2)7-14(16(19)23)21-17(24)15(20-11(3)22)9-12-5-4-6-13(18)8-12/h4-6,8,14-15H,1,7,9H2,2-3H3,(H2,19,23)(H,20,22)(H,21,24)/t14-,15+/m0/s1. The number of nitrogens with two attached hydrogens (primary N) is 1. The molecule has 0 heterocycles. The van der Waals surface area contributed by atoms with Crippen molar-refractivity contribution in [2.45, 2.75) is 38.8 Å². The highest BCUT2D eigenvalue weighted by Crippen LogP contribution is 2.08. The summed E-state index contributed by atoms with van der Waals surface area (Å²) in [5.74, 6) is -2.12. The summed E-state index contributed by atoms with van der Waals surface area (Å²) in [6.07, 6.45) is 0.287. The number of carbonyl (C=O) groups is 3. The molecule has 0 saturated carbocycles. The van der Waals surface area contributed by atoms with E-state index in [0.717, 1.165) is 0 Å². The van der Waals surface area contributed by atoms with E-state index in [1.165, 1.54) is 25.1 Å². The fourth-order valence-electron chi connectivity index (χ4n) is 2.20. The lowest BCUT2D eigenvalue weighted by atomic mass is 10.0. The highest BCUT2D eigenvalue weighted by Gasteiger charge is 2.25. The predicted molar refractivity (Wildman–Crippen MR) is 88.3 cm³/mol. The van der Waals surface area contributed by atoms with Gasteiger partial charge in [-0.05, 0) is 31.0 Å². The number of amides is 3. The zero-order chi connectivity index (χ0) is 18.3. The van der Waals surface area contributed by atoms with Crippen LogP contribution in [0.3, 0.4) is 0 Å². The Morgan fingerprint density at radius 1 is 1.21 bits per heavy atom. The summed E-state index contributed by atoms with van der Waals surface area (Å²) in [5, 5.41) is 5.00. The van der Waals surface area contributed by atoms with Crippen molar-refractivity contribution < 1.29 is 18.8 Å². The van der Waals surface area contributed by atoms with Gasteiger partial charge < -0.3 is 16.4 Å². The maximum Gasteiger partial charge on any atom is 0.243 e. The summed E-state index contributed by atoms with van der Waals surface area (Å²) in [7, 11) is 0. The average molecular weight is 335 g/mol. The Balaban J connectivity index is 2.89. The van der Waals surface area contributed by atoms with Gasteiger partial charge in [-0.3, -0.25) is 14.4 Å². The molecule has 0 saturated heterocycles.